The van der Waals surface area contributed by atoms with Crippen LogP contribution in [0.3, 0.4) is 0 Å². The molecule has 0 saturated carbocycles. The summed E-state index contributed by atoms with van der Waals surface area (Å²) in [4.78, 5) is 23.9. The molecule has 7 heteroatoms. The van der Waals surface area contributed by atoms with Crippen molar-refractivity contribution in [3.63, 3.8) is 0 Å². The quantitative estimate of drug-likeness (QED) is 0.793. The second kappa shape index (κ2) is 8.05. The monoisotopic (exact) mass is 360 g/mol. The Morgan fingerprint density at radius 3 is 3.00 bits per heavy atom. The fourth-order valence-corrected chi connectivity index (χ4v) is 3.36. The van der Waals surface area contributed by atoms with Crippen LogP contribution in [0.5, 0.6) is 0 Å². The van der Waals surface area contributed by atoms with Crippen molar-refractivity contribution in [2.45, 2.75) is 32.4 Å². The van der Waals surface area contributed by atoms with Crippen LogP contribution in [0, 0.1) is 0 Å². The van der Waals surface area contributed by atoms with Crippen molar-refractivity contribution in [2.75, 3.05) is 45.3 Å². The standard InChI is InChI=1S/C19H28N4O3/c1-5-25-19(24)9-18-20-16-7-6-14(8-17(16)21-18)23-11-15(10-22(3)4)26-12-13(23)2/h6-8,13,15H,5,9-12H2,1-4H3,(H,20,21)/t13-,15-/m1/s1. The third-order valence-corrected chi connectivity index (χ3v) is 4.54. The van der Waals surface area contributed by atoms with Crippen molar-refractivity contribution < 1.29 is 14.3 Å². The average Bonchev–Trinajstić information content (AvgIpc) is 2.97. The van der Waals surface area contributed by atoms with E-state index in [0.717, 1.165) is 29.8 Å². The van der Waals surface area contributed by atoms with Crippen molar-refractivity contribution in [1.29, 1.82) is 0 Å². The number of likely N-dealkylation sites (N-methyl/N-ethyl adjacent to an activating group) is 1. The number of anilines is 1. The van der Waals surface area contributed by atoms with Gasteiger partial charge in [0.05, 0.1) is 30.4 Å². The highest BCUT2D eigenvalue weighted by Crippen LogP contribution is 2.25. The number of imidazole rings is 1. The Bertz CT molecular complexity index is 758. The molecule has 2 atom stereocenters. The number of hydrogen-bond acceptors (Lipinski definition) is 6. The fourth-order valence-electron chi connectivity index (χ4n) is 3.36. The van der Waals surface area contributed by atoms with Crippen LogP contribution in [0.4, 0.5) is 5.69 Å². The molecule has 142 valence electrons. The van der Waals surface area contributed by atoms with Gasteiger partial charge in [0, 0.05) is 24.8 Å². The summed E-state index contributed by atoms with van der Waals surface area (Å²) in [5.74, 6) is 0.371. The molecule has 1 aliphatic rings. The fraction of sp³-hybridized carbons (Fsp3) is 0.579. The third-order valence-electron chi connectivity index (χ3n) is 4.54. The summed E-state index contributed by atoms with van der Waals surface area (Å²) in [7, 11) is 4.13. The van der Waals surface area contributed by atoms with Gasteiger partial charge in [0.15, 0.2) is 0 Å². The number of nitrogens with zero attached hydrogens (tertiary/aromatic N) is 3. The Hall–Kier alpha value is -2.12. The first-order valence-electron chi connectivity index (χ1n) is 9.13. The van der Waals surface area contributed by atoms with Gasteiger partial charge in [-0.3, -0.25) is 4.79 Å². The van der Waals surface area contributed by atoms with Gasteiger partial charge < -0.3 is 24.3 Å². The predicted molar refractivity (Wildman–Crippen MR) is 102 cm³/mol. The number of benzene rings is 1. The number of morpholine rings is 1. The van der Waals surface area contributed by atoms with Crippen LogP contribution in [0.15, 0.2) is 18.2 Å². The number of esters is 1. The lowest BCUT2D eigenvalue weighted by Gasteiger charge is -2.40. The Labute approximate surface area is 154 Å². The van der Waals surface area contributed by atoms with E-state index in [2.05, 4.69) is 52.9 Å². The van der Waals surface area contributed by atoms with Gasteiger partial charge in [0.2, 0.25) is 0 Å². The smallest absolute Gasteiger partial charge is 0.313 e. The number of aromatic amines is 1. The first-order chi connectivity index (χ1) is 12.5. The van der Waals surface area contributed by atoms with Crippen molar-refractivity contribution in [1.82, 2.24) is 14.9 Å². The molecule has 1 aromatic heterocycles. The summed E-state index contributed by atoms with van der Waals surface area (Å²) in [6, 6.07) is 6.50. The number of hydrogen-bond donors (Lipinski definition) is 1. The summed E-state index contributed by atoms with van der Waals surface area (Å²) in [6.07, 6.45) is 0.356. The molecule has 1 aromatic carbocycles. The molecular weight excluding hydrogens is 332 g/mol. The number of aromatic nitrogens is 2. The number of fused-ring (bicyclic) bond motifs is 1. The van der Waals surface area contributed by atoms with Crippen LogP contribution < -0.4 is 4.90 Å². The second-order valence-corrected chi connectivity index (χ2v) is 7.09. The van der Waals surface area contributed by atoms with E-state index in [0.29, 0.717) is 25.1 Å². The highest BCUT2D eigenvalue weighted by atomic mass is 16.5. The van der Waals surface area contributed by atoms with Crippen molar-refractivity contribution in [2.24, 2.45) is 0 Å². The van der Waals surface area contributed by atoms with Crippen LogP contribution >= 0.6 is 0 Å². The van der Waals surface area contributed by atoms with Crippen LogP contribution in [-0.2, 0) is 20.7 Å². The van der Waals surface area contributed by atoms with Crippen molar-refractivity contribution in [3.8, 4) is 0 Å². The number of nitrogens with one attached hydrogen (secondary N) is 1. The Kier molecular flexibility index (Phi) is 5.78. The van der Waals surface area contributed by atoms with E-state index in [1.807, 2.05) is 6.07 Å². The molecule has 2 aromatic rings. The Balaban J connectivity index is 1.78. The molecule has 26 heavy (non-hydrogen) atoms. The van der Waals surface area contributed by atoms with E-state index in [4.69, 9.17) is 9.47 Å². The van der Waals surface area contributed by atoms with Gasteiger partial charge in [-0.2, -0.15) is 0 Å². The first kappa shape index (κ1) is 18.7. The third kappa shape index (κ3) is 4.34. The van der Waals surface area contributed by atoms with Gasteiger partial charge in [0.25, 0.3) is 0 Å². The summed E-state index contributed by atoms with van der Waals surface area (Å²) >= 11 is 0. The van der Waals surface area contributed by atoms with Gasteiger partial charge >= 0.3 is 5.97 Å². The molecule has 7 nitrogen and oxygen atoms in total. The number of carbonyl (C=O) groups is 1. The molecule has 0 aliphatic carbocycles. The molecule has 0 spiro atoms. The Morgan fingerprint density at radius 2 is 2.27 bits per heavy atom. The molecule has 1 N–H and O–H groups in total. The number of rotatable bonds is 6. The summed E-state index contributed by atoms with van der Waals surface area (Å²) in [5, 5.41) is 0. The minimum absolute atomic E-state index is 0.163. The Morgan fingerprint density at radius 1 is 1.46 bits per heavy atom. The first-order valence-corrected chi connectivity index (χ1v) is 9.13. The summed E-state index contributed by atoms with van der Waals surface area (Å²) < 4.78 is 10.9. The van der Waals surface area contributed by atoms with E-state index in [1.165, 1.54) is 0 Å². The molecule has 1 aliphatic heterocycles. The summed E-state index contributed by atoms with van der Waals surface area (Å²) in [5.41, 5.74) is 2.94. The maximum Gasteiger partial charge on any atom is 0.313 e. The zero-order valence-electron chi connectivity index (χ0n) is 16.0. The lowest BCUT2D eigenvalue weighted by molar-refractivity contribution is -0.142. The minimum Gasteiger partial charge on any atom is -0.466 e. The van der Waals surface area contributed by atoms with Crippen LogP contribution in [0.2, 0.25) is 0 Å². The van der Waals surface area contributed by atoms with E-state index in [1.54, 1.807) is 6.92 Å². The lowest BCUT2D eigenvalue weighted by atomic mass is 10.1. The van der Waals surface area contributed by atoms with Gasteiger partial charge in [-0.05, 0) is 46.1 Å². The SMILES string of the molecule is CCOC(=O)Cc1nc2ccc(N3C[C@@H](CN(C)C)OC[C@H]3C)cc2[nH]1. The number of H-pyrrole nitrogens is 1. The molecule has 0 amide bonds. The van der Waals surface area contributed by atoms with Gasteiger partial charge in [-0.1, -0.05) is 0 Å². The van der Waals surface area contributed by atoms with E-state index in [9.17, 15) is 4.79 Å². The molecular formula is C19H28N4O3. The van der Waals surface area contributed by atoms with Gasteiger partial charge in [0.1, 0.15) is 12.2 Å². The van der Waals surface area contributed by atoms with Gasteiger partial charge in [-0.25, -0.2) is 4.98 Å². The zero-order valence-corrected chi connectivity index (χ0v) is 16.0. The van der Waals surface area contributed by atoms with E-state index in [-0.39, 0.29) is 18.5 Å². The average molecular weight is 360 g/mol. The molecule has 2 heterocycles. The van der Waals surface area contributed by atoms with E-state index < -0.39 is 0 Å². The highest BCUT2D eigenvalue weighted by Gasteiger charge is 2.27. The zero-order chi connectivity index (χ0) is 18.7. The predicted octanol–water partition coefficient (Wildman–Crippen LogP) is 1.82. The van der Waals surface area contributed by atoms with Crippen molar-refractivity contribution in [3.05, 3.63) is 24.0 Å². The van der Waals surface area contributed by atoms with Crippen LogP contribution in [0.25, 0.3) is 11.0 Å². The maximum atomic E-state index is 11.7. The molecule has 1 fully saturated rings. The largest absolute Gasteiger partial charge is 0.466 e. The van der Waals surface area contributed by atoms with Gasteiger partial charge in [-0.15, -0.1) is 0 Å². The topological polar surface area (TPSA) is 70.7 Å². The van der Waals surface area contributed by atoms with Crippen LogP contribution in [0.1, 0.15) is 19.7 Å². The number of carbonyl (C=O) groups excluding carboxylic acids is 1. The lowest BCUT2D eigenvalue weighted by Crippen LogP contribution is -2.51. The molecule has 1 saturated heterocycles. The number of ether oxygens (including phenoxy) is 2. The summed E-state index contributed by atoms with van der Waals surface area (Å²) in [6.45, 7) is 6.83. The van der Waals surface area contributed by atoms with Crippen molar-refractivity contribution >= 4 is 22.7 Å². The molecule has 0 radical (unpaired) electrons. The highest BCUT2D eigenvalue weighted by molar-refractivity contribution is 5.81. The van der Waals surface area contributed by atoms with Crippen LogP contribution in [-0.4, -0.2) is 73.4 Å². The van der Waals surface area contributed by atoms with E-state index >= 15 is 0 Å². The molecule has 0 bridgehead atoms. The minimum atomic E-state index is -0.264. The maximum absolute atomic E-state index is 11.7. The molecule has 0 unspecified atom stereocenters. The normalized spacial score (nSPS) is 20.7. The second-order valence-electron chi connectivity index (χ2n) is 7.09. The molecule has 3 rings (SSSR count).